The van der Waals surface area contributed by atoms with Gasteiger partial charge in [0, 0.05) is 5.56 Å². The fraction of sp³-hybridized carbons (Fsp3) is 0.429. The first-order chi connectivity index (χ1) is 7.62. The molecule has 1 N–H and O–H groups in total. The number of hydrogen-bond donors (Lipinski definition) is 1. The number of likely N-dealkylation sites (N-methyl/N-ethyl adjacent to an activating group) is 1. The van der Waals surface area contributed by atoms with Crippen molar-refractivity contribution in [3.63, 3.8) is 0 Å². The summed E-state index contributed by atoms with van der Waals surface area (Å²) in [5, 5.41) is 9.33. The number of aliphatic hydroxyl groups is 1. The van der Waals surface area contributed by atoms with Crippen molar-refractivity contribution in [3.8, 4) is 0 Å². The van der Waals surface area contributed by atoms with Gasteiger partial charge >= 0.3 is 0 Å². The molecule has 0 saturated heterocycles. The second-order valence-corrected chi connectivity index (χ2v) is 4.63. The van der Waals surface area contributed by atoms with Gasteiger partial charge in [0.1, 0.15) is 12.6 Å². The van der Waals surface area contributed by atoms with Gasteiger partial charge in [-0.15, -0.1) is 0 Å². The molecule has 16 heavy (non-hydrogen) atoms. The molecule has 2 atom stereocenters. The van der Waals surface area contributed by atoms with Gasteiger partial charge in [-0.25, -0.2) is 0 Å². The van der Waals surface area contributed by atoms with E-state index >= 15 is 0 Å². The molecule has 0 aliphatic carbocycles. The van der Waals surface area contributed by atoms with Crippen molar-refractivity contribution < 1.29 is 9.59 Å². The lowest BCUT2D eigenvalue weighted by atomic mass is 10.1. The van der Waals surface area contributed by atoms with Crippen LogP contribution in [0.1, 0.15) is 12.5 Å². The predicted octanol–water partition coefficient (Wildman–Crippen LogP) is 2.20. The van der Waals surface area contributed by atoms with Crippen LogP contribution >= 0.6 is 0 Å². The molecule has 0 aromatic heterocycles. The normalized spacial score (nSPS) is 16.4. The number of quaternary nitrogens is 1. The molecular formula is C14H22NO+. The maximum Gasteiger partial charge on any atom is 0.110 e. The van der Waals surface area contributed by atoms with E-state index in [9.17, 15) is 5.11 Å². The fourth-order valence-corrected chi connectivity index (χ4v) is 1.89. The molecule has 0 heterocycles. The van der Waals surface area contributed by atoms with Crippen LogP contribution in [0.4, 0.5) is 0 Å². The van der Waals surface area contributed by atoms with E-state index in [1.807, 2.05) is 12.1 Å². The van der Waals surface area contributed by atoms with Crippen molar-refractivity contribution >= 4 is 0 Å². The highest BCUT2D eigenvalue weighted by Crippen LogP contribution is 2.16. The quantitative estimate of drug-likeness (QED) is 0.575. The van der Waals surface area contributed by atoms with Crippen molar-refractivity contribution in [1.82, 2.24) is 0 Å². The number of benzene rings is 1. The number of hydrogen-bond acceptors (Lipinski definition) is 1. The summed E-state index contributed by atoms with van der Waals surface area (Å²) in [5.41, 5.74) is 1.30. The second kappa shape index (κ2) is 5.83. The van der Waals surface area contributed by atoms with Crippen LogP contribution in [0.25, 0.3) is 0 Å². The molecule has 88 valence electrons. The summed E-state index contributed by atoms with van der Waals surface area (Å²) in [6, 6.07) is 10.6. The van der Waals surface area contributed by atoms with Crippen LogP contribution in [-0.2, 0) is 6.54 Å². The lowest BCUT2D eigenvalue weighted by Crippen LogP contribution is -2.51. The summed E-state index contributed by atoms with van der Waals surface area (Å²) < 4.78 is 0.796. The first-order valence-corrected chi connectivity index (χ1v) is 5.72. The van der Waals surface area contributed by atoms with Gasteiger partial charge in [-0.2, -0.15) is 0 Å². The summed E-state index contributed by atoms with van der Waals surface area (Å²) in [4.78, 5) is 0. The maximum atomic E-state index is 9.33. The molecule has 0 aliphatic rings. The van der Waals surface area contributed by atoms with Crippen LogP contribution in [0.15, 0.2) is 43.0 Å². The molecule has 2 nitrogen and oxygen atoms in total. The van der Waals surface area contributed by atoms with E-state index in [2.05, 4.69) is 44.8 Å². The number of nitrogens with zero attached hydrogens (tertiary/aromatic N) is 1. The SMILES string of the molecule is C=CC[N+](C)(Cc1ccccc1)[C@@H](C)CO. The van der Waals surface area contributed by atoms with E-state index in [1.54, 1.807) is 0 Å². The van der Waals surface area contributed by atoms with E-state index in [0.717, 1.165) is 17.6 Å². The van der Waals surface area contributed by atoms with Crippen LogP contribution < -0.4 is 0 Å². The maximum absolute atomic E-state index is 9.33. The molecule has 0 amide bonds. The first-order valence-electron chi connectivity index (χ1n) is 5.72. The Kier molecular flexibility index (Phi) is 4.71. The average molecular weight is 220 g/mol. The van der Waals surface area contributed by atoms with Crippen molar-refractivity contribution in [1.29, 1.82) is 0 Å². The van der Waals surface area contributed by atoms with Crippen molar-refractivity contribution in [2.75, 3.05) is 20.2 Å². The summed E-state index contributed by atoms with van der Waals surface area (Å²) in [5.74, 6) is 0. The van der Waals surface area contributed by atoms with Crippen LogP contribution in [0.2, 0.25) is 0 Å². The summed E-state index contributed by atoms with van der Waals surface area (Å²) in [6.07, 6.45) is 1.93. The molecule has 0 bridgehead atoms. The van der Waals surface area contributed by atoms with Crippen molar-refractivity contribution in [2.45, 2.75) is 19.5 Å². The van der Waals surface area contributed by atoms with Crippen LogP contribution in [0.5, 0.6) is 0 Å². The number of rotatable bonds is 6. The molecular weight excluding hydrogens is 198 g/mol. The zero-order valence-electron chi connectivity index (χ0n) is 10.3. The van der Waals surface area contributed by atoms with Gasteiger partial charge in [-0.05, 0) is 13.0 Å². The molecule has 0 aliphatic heterocycles. The summed E-state index contributed by atoms with van der Waals surface area (Å²) in [6.45, 7) is 7.88. The largest absolute Gasteiger partial charge is 0.390 e. The zero-order chi connectivity index (χ0) is 12.0. The Hall–Kier alpha value is -1.12. The van der Waals surface area contributed by atoms with Gasteiger partial charge in [-0.1, -0.05) is 36.9 Å². The zero-order valence-corrected chi connectivity index (χ0v) is 10.3. The van der Waals surface area contributed by atoms with Crippen molar-refractivity contribution in [2.24, 2.45) is 0 Å². The van der Waals surface area contributed by atoms with E-state index < -0.39 is 0 Å². The lowest BCUT2D eigenvalue weighted by Gasteiger charge is -2.38. The molecule has 1 unspecified atom stereocenters. The molecule has 0 spiro atoms. The third-order valence-electron chi connectivity index (χ3n) is 3.26. The minimum Gasteiger partial charge on any atom is -0.390 e. The minimum atomic E-state index is 0.206. The Morgan fingerprint density at radius 3 is 2.50 bits per heavy atom. The van der Waals surface area contributed by atoms with Crippen LogP contribution in [-0.4, -0.2) is 35.8 Å². The standard InChI is InChI=1S/C14H22NO/c1-4-10-15(3,13(2)12-16)11-14-8-6-5-7-9-14/h4-9,13,16H,1,10-12H2,2-3H3/q+1/t13-,15?/m0/s1. The van der Waals surface area contributed by atoms with E-state index in [-0.39, 0.29) is 12.6 Å². The van der Waals surface area contributed by atoms with E-state index in [1.165, 1.54) is 5.56 Å². The summed E-state index contributed by atoms with van der Waals surface area (Å²) in [7, 11) is 2.16. The third-order valence-corrected chi connectivity index (χ3v) is 3.26. The molecule has 2 heteroatoms. The molecule has 0 radical (unpaired) electrons. The average Bonchev–Trinajstić information content (AvgIpc) is 2.29. The Morgan fingerprint density at radius 1 is 1.38 bits per heavy atom. The molecule has 0 saturated carbocycles. The Labute approximate surface area is 98.4 Å². The van der Waals surface area contributed by atoms with Gasteiger partial charge in [-0.3, -0.25) is 0 Å². The Morgan fingerprint density at radius 2 is 2.00 bits per heavy atom. The fourth-order valence-electron chi connectivity index (χ4n) is 1.89. The van der Waals surface area contributed by atoms with Gasteiger partial charge in [0.15, 0.2) is 0 Å². The van der Waals surface area contributed by atoms with Gasteiger partial charge in [0.25, 0.3) is 0 Å². The topological polar surface area (TPSA) is 20.2 Å². The predicted molar refractivity (Wildman–Crippen MR) is 67.9 cm³/mol. The molecule has 1 aromatic rings. The highest BCUT2D eigenvalue weighted by atomic mass is 16.3. The van der Waals surface area contributed by atoms with Gasteiger partial charge in [0.2, 0.25) is 0 Å². The first kappa shape index (κ1) is 12.9. The van der Waals surface area contributed by atoms with E-state index in [0.29, 0.717) is 0 Å². The van der Waals surface area contributed by atoms with Gasteiger partial charge < -0.3 is 9.59 Å². The van der Waals surface area contributed by atoms with Crippen molar-refractivity contribution in [3.05, 3.63) is 48.6 Å². The molecule has 1 aromatic carbocycles. The Bertz CT molecular complexity index is 323. The smallest absolute Gasteiger partial charge is 0.110 e. The third kappa shape index (κ3) is 3.19. The highest BCUT2D eigenvalue weighted by Gasteiger charge is 2.27. The van der Waals surface area contributed by atoms with Gasteiger partial charge in [0.05, 0.1) is 20.2 Å². The highest BCUT2D eigenvalue weighted by molar-refractivity contribution is 5.13. The van der Waals surface area contributed by atoms with Crippen LogP contribution in [0.3, 0.4) is 0 Å². The second-order valence-electron chi connectivity index (χ2n) is 4.63. The van der Waals surface area contributed by atoms with E-state index in [4.69, 9.17) is 0 Å². The molecule has 0 fully saturated rings. The minimum absolute atomic E-state index is 0.206. The summed E-state index contributed by atoms with van der Waals surface area (Å²) >= 11 is 0. The van der Waals surface area contributed by atoms with Crippen LogP contribution in [0, 0.1) is 0 Å². The Balaban J connectivity index is 2.82. The number of aliphatic hydroxyl groups excluding tert-OH is 1. The lowest BCUT2D eigenvalue weighted by molar-refractivity contribution is -0.939. The monoisotopic (exact) mass is 220 g/mol. The molecule has 1 rings (SSSR count).